The second kappa shape index (κ2) is 5.78. The molecule has 0 spiro atoms. The molecule has 1 aliphatic heterocycles. The molecule has 5 heteroatoms. The molecule has 1 fully saturated rings. The summed E-state index contributed by atoms with van der Waals surface area (Å²) in [6, 6.07) is 5.24. The first-order chi connectivity index (χ1) is 9.34. The summed E-state index contributed by atoms with van der Waals surface area (Å²) in [4.78, 5) is 0.404. The van der Waals surface area contributed by atoms with E-state index >= 15 is 0 Å². The molecule has 0 radical (unpaired) electrons. The van der Waals surface area contributed by atoms with E-state index in [0.717, 1.165) is 29.3 Å². The minimum Gasteiger partial charge on any atom is -0.207 e. The van der Waals surface area contributed by atoms with Crippen molar-refractivity contribution in [1.29, 1.82) is 0 Å². The quantitative estimate of drug-likeness (QED) is 0.815. The molecule has 2 rings (SSSR count). The van der Waals surface area contributed by atoms with Crippen LogP contribution in [0.3, 0.4) is 0 Å². The molecule has 0 N–H and O–H groups in total. The Morgan fingerprint density at radius 2 is 1.95 bits per heavy atom. The number of benzene rings is 1. The van der Waals surface area contributed by atoms with E-state index in [0.29, 0.717) is 18.0 Å². The van der Waals surface area contributed by atoms with Gasteiger partial charge in [0.15, 0.2) is 0 Å². The first-order valence-corrected chi connectivity index (χ1v) is 9.34. The van der Waals surface area contributed by atoms with Crippen molar-refractivity contribution in [2.24, 2.45) is 5.41 Å². The molecule has 3 nitrogen and oxygen atoms in total. The molecular weight excluding hydrogens is 338 g/mol. The van der Waals surface area contributed by atoms with Gasteiger partial charge in [-0.1, -0.05) is 29.8 Å². The Kier molecular flexibility index (Phi) is 4.62. The van der Waals surface area contributed by atoms with Gasteiger partial charge < -0.3 is 0 Å². The lowest BCUT2D eigenvalue weighted by Gasteiger charge is -2.26. The molecule has 1 heterocycles. The molecule has 0 unspecified atom stereocenters. The van der Waals surface area contributed by atoms with Crippen LogP contribution in [0.1, 0.15) is 38.7 Å². The highest BCUT2D eigenvalue weighted by atomic mass is 79.9. The summed E-state index contributed by atoms with van der Waals surface area (Å²) in [5.74, 6) is 0. The minimum atomic E-state index is -3.36. The molecule has 1 saturated heterocycles. The largest absolute Gasteiger partial charge is 0.243 e. The van der Waals surface area contributed by atoms with E-state index in [1.807, 2.05) is 13.0 Å². The lowest BCUT2D eigenvalue weighted by molar-refractivity contribution is 0.279. The van der Waals surface area contributed by atoms with Gasteiger partial charge in [0.1, 0.15) is 0 Å². The van der Waals surface area contributed by atoms with Crippen molar-refractivity contribution < 1.29 is 8.42 Å². The summed E-state index contributed by atoms with van der Waals surface area (Å²) in [6.07, 6.45) is 3.04. The summed E-state index contributed by atoms with van der Waals surface area (Å²) in [5, 5.41) is 0. The first kappa shape index (κ1) is 16.0. The summed E-state index contributed by atoms with van der Waals surface area (Å²) in [6.45, 7) is 7.51. The van der Waals surface area contributed by atoms with E-state index < -0.39 is 10.0 Å². The fraction of sp³-hybridized carbons (Fsp3) is 0.600. The van der Waals surface area contributed by atoms with E-state index in [9.17, 15) is 8.42 Å². The fourth-order valence-corrected chi connectivity index (χ4v) is 4.74. The minimum absolute atomic E-state index is 0.164. The van der Waals surface area contributed by atoms with Crippen LogP contribution in [0.4, 0.5) is 0 Å². The molecule has 0 bridgehead atoms. The SMILES string of the molecule is CCC1(CC)CCN(S(=O)(=O)c2ccc(Br)c(C)c2)C1. The van der Waals surface area contributed by atoms with E-state index in [1.54, 1.807) is 16.4 Å². The highest BCUT2D eigenvalue weighted by molar-refractivity contribution is 9.10. The first-order valence-electron chi connectivity index (χ1n) is 7.11. The van der Waals surface area contributed by atoms with Crippen molar-refractivity contribution in [2.45, 2.75) is 44.9 Å². The molecule has 0 saturated carbocycles. The lowest BCUT2D eigenvalue weighted by Crippen LogP contribution is -2.31. The molecule has 1 aromatic rings. The van der Waals surface area contributed by atoms with Crippen LogP contribution < -0.4 is 0 Å². The van der Waals surface area contributed by atoms with Crippen LogP contribution in [0.2, 0.25) is 0 Å². The smallest absolute Gasteiger partial charge is 0.207 e. The monoisotopic (exact) mass is 359 g/mol. The summed E-state index contributed by atoms with van der Waals surface area (Å²) >= 11 is 3.41. The molecule has 1 aromatic carbocycles. The van der Waals surface area contributed by atoms with Crippen LogP contribution in [0.15, 0.2) is 27.6 Å². The topological polar surface area (TPSA) is 37.4 Å². The number of nitrogens with zero attached hydrogens (tertiary/aromatic N) is 1. The number of hydrogen-bond acceptors (Lipinski definition) is 2. The van der Waals surface area contributed by atoms with E-state index in [-0.39, 0.29) is 5.41 Å². The molecule has 0 atom stereocenters. The predicted molar refractivity (Wildman–Crippen MR) is 85.3 cm³/mol. The molecule has 112 valence electrons. The molecule has 1 aliphatic rings. The Morgan fingerprint density at radius 1 is 1.30 bits per heavy atom. The second-order valence-corrected chi connectivity index (χ2v) is 8.50. The normalized spacial score (nSPS) is 19.4. The fourth-order valence-electron chi connectivity index (χ4n) is 2.85. The van der Waals surface area contributed by atoms with Crippen LogP contribution in [0.5, 0.6) is 0 Å². The Hall–Kier alpha value is -0.390. The van der Waals surface area contributed by atoms with Crippen molar-refractivity contribution in [3.8, 4) is 0 Å². The van der Waals surface area contributed by atoms with Crippen molar-refractivity contribution in [1.82, 2.24) is 4.31 Å². The Labute approximate surface area is 130 Å². The number of aryl methyl sites for hydroxylation is 1. The zero-order valence-corrected chi connectivity index (χ0v) is 14.7. The van der Waals surface area contributed by atoms with Gasteiger partial charge in [0.25, 0.3) is 0 Å². The third-order valence-corrected chi connectivity index (χ3v) is 7.40. The summed E-state index contributed by atoms with van der Waals surface area (Å²) < 4.78 is 28.1. The van der Waals surface area contributed by atoms with Gasteiger partial charge in [0.05, 0.1) is 4.90 Å². The van der Waals surface area contributed by atoms with E-state index in [1.165, 1.54) is 0 Å². The van der Waals surface area contributed by atoms with Gasteiger partial charge in [-0.05, 0) is 55.4 Å². The second-order valence-electron chi connectivity index (χ2n) is 5.71. The molecular formula is C15H22BrNO2S. The van der Waals surface area contributed by atoms with Crippen LogP contribution in [-0.2, 0) is 10.0 Å². The molecule has 0 aliphatic carbocycles. The van der Waals surface area contributed by atoms with Crippen LogP contribution in [-0.4, -0.2) is 25.8 Å². The average molecular weight is 360 g/mol. The summed E-state index contributed by atoms with van der Waals surface area (Å²) in [7, 11) is -3.36. The maximum Gasteiger partial charge on any atom is 0.243 e. The zero-order chi connectivity index (χ0) is 15.0. The average Bonchev–Trinajstić information content (AvgIpc) is 2.87. The van der Waals surface area contributed by atoms with Gasteiger partial charge in [-0.2, -0.15) is 4.31 Å². The maximum atomic E-state index is 12.7. The lowest BCUT2D eigenvalue weighted by atomic mass is 9.82. The number of rotatable bonds is 4. The van der Waals surface area contributed by atoms with Gasteiger partial charge in [-0.25, -0.2) is 8.42 Å². The Morgan fingerprint density at radius 3 is 2.45 bits per heavy atom. The van der Waals surface area contributed by atoms with Crippen molar-refractivity contribution in [3.05, 3.63) is 28.2 Å². The maximum absolute atomic E-state index is 12.7. The van der Waals surface area contributed by atoms with Gasteiger partial charge in [0.2, 0.25) is 10.0 Å². The summed E-state index contributed by atoms with van der Waals surface area (Å²) in [5.41, 5.74) is 1.11. The van der Waals surface area contributed by atoms with Crippen molar-refractivity contribution >= 4 is 26.0 Å². The van der Waals surface area contributed by atoms with E-state index in [2.05, 4.69) is 29.8 Å². The third-order valence-electron chi connectivity index (χ3n) is 4.67. The predicted octanol–water partition coefficient (Wildman–Crippen LogP) is 3.96. The van der Waals surface area contributed by atoms with Gasteiger partial charge in [-0.3, -0.25) is 0 Å². The highest BCUT2D eigenvalue weighted by Crippen LogP contribution is 2.39. The number of halogens is 1. The van der Waals surface area contributed by atoms with Crippen molar-refractivity contribution in [3.63, 3.8) is 0 Å². The molecule has 20 heavy (non-hydrogen) atoms. The highest BCUT2D eigenvalue weighted by Gasteiger charge is 2.40. The molecule has 0 aromatic heterocycles. The van der Waals surface area contributed by atoms with Gasteiger partial charge in [0, 0.05) is 17.6 Å². The van der Waals surface area contributed by atoms with Crippen LogP contribution >= 0.6 is 15.9 Å². The number of hydrogen-bond donors (Lipinski definition) is 0. The van der Waals surface area contributed by atoms with Crippen LogP contribution in [0.25, 0.3) is 0 Å². The third kappa shape index (κ3) is 2.81. The number of sulfonamides is 1. The zero-order valence-electron chi connectivity index (χ0n) is 12.3. The standard InChI is InChI=1S/C15H22BrNO2S/c1-4-15(5-2)8-9-17(11-15)20(18,19)13-6-7-14(16)12(3)10-13/h6-7,10H,4-5,8-9,11H2,1-3H3. The van der Waals surface area contributed by atoms with Crippen molar-refractivity contribution in [2.75, 3.05) is 13.1 Å². The van der Waals surface area contributed by atoms with Gasteiger partial charge >= 0.3 is 0 Å². The van der Waals surface area contributed by atoms with E-state index in [4.69, 9.17) is 0 Å². The Balaban J connectivity index is 2.30. The molecule has 0 amide bonds. The van der Waals surface area contributed by atoms with Crippen LogP contribution in [0, 0.1) is 12.3 Å². The Bertz CT molecular complexity index is 594. The van der Waals surface area contributed by atoms with Gasteiger partial charge in [-0.15, -0.1) is 0 Å².